The van der Waals surface area contributed by atoms with E-state index in [9.17, 15) is 0 Å². The molecule has 0 saturated carbocycles. The predicted molar refractivity (Wildman–Crippen MR) is 102 cm³/mol. The molecule has 0 amide bonds. The van der Waals surface area contributed by atoms with Crippen molar-refractivity contribution >= 4 is 18.6 Å². The molecular weight excluding hydrogens is 447 g/mol. The van der Waals surface area contributed by atoms with Crippen LogP contribution in [0.1, 0.15) is 35.6 Å². The van der Waals surface area contributed by atoms with Crippen molar-refractivity contribution in [2.24, 2.45) is 0 Å². The topological polar surface area (TPSA) is 0 Å². The Labute approximate surface area is 195 Å². The van der Waals surface area contributed by atoms with Gasteiger partial charge in [-0.3, -0.25) is 0 Å². The monoisotopic (exact) mass is 466 g/mol. The zero-order valence-electron chi connectivity index (χ0n) is 15.2. The summed E-state index contributed by atoms with van der Waals surface area (Å²) in [4.78, 5) is 0. The standard InChI is InChI=1S/C22H21Si.3ClH.Ti/c1-2-9-16-10-3-8-15-21(16)23-22-19-13-6-4-11-17(19)18-12-5-7-14-20(18)22;;;;/h3-8,10-13,15,22H,2,9,23H2,1H3;3*1H;/q;;;;+3/p-3. The number of benzene rings is 3. The summed E-state index contributed by atoms with van der Waals surface area (Å²) in [7, 11) is -0.423. The number of rotatable bonds is 4. The summed E-state index contributed by atoms with van der Waals surface area (Å²) < 4.78 is 1.45. The van der Waals surface area contributed by atoms with Gasteiger partial charge in [-0.05, 0) is 0 Å². The van der Waals surface area contributed by atoms with Crippen LogP contribution in [0, 0.1) is 0 Å². The van der Waals surface area contributed by atoms with Gasteiger partial charge in [0.1, 0.15) is 0 Å². The molecule has 1 aliphatic carbocycles. The van der Waals surface area contributed by atoms with Gasteiger partial charge >= 0.3 is 159 Å². The Morgan fingerprint density at radius 3 is 2.26 bits per heavy atom. The van der Waals surface area contributed by atoms with Gasteiger partial charge in [-0.15, -0.1) is 0 Å². The van der Waals surface area contributed by atoms with E-state index in [1.54, 1.807) is 21.9 Å². The molecule has 138 valence electrons. The van der Waals surface area contributed by atoms with Crippen LogP contribution in [0.2, 0.25) is 0 Å². The SMILES string of the molecule is CCCc1ccccc1[SiH2]C1c2ccccc2-c2ccc[c]([Ti+3])c21.[Cl-].[Cl-].[Cl-]. The molecule has 5 heteroatoms. The minimum Gasteiger partial charge on any atom is -1.00 e. The van der Waals surface area contributed by atoms with E-state index in [0.29, 0.717) is 5.54 Å². The second kappa shape index (κ2) is 10.9. The number of aryl methyl sites for hydroxylation is 1. The summed E-state index contributed by atoms with van der Waals surface area (Å²) >= 11 is 2.28. The normalized spacial score (nSPS) is 14.0. The number of halogens is 3. The van der Waals surface area contributed by atoms with Crippen molar-refractivity contribution in [3.05, 3.63) is 83.4 Å². The molecule has 0 radical (unpaired) electrons. The maximum absolute atomic E-state index is 2.39. The van der Waals surface area contributed by atoms with Crippen LogP contribution in [0.5, 0.6) is 0 Å². The Kier molecular flexibility index (Phi) is 9.85. The van der Waals surface area contributed by atoms with Crippen LogP contribution in [0.25, 0.3) is 11.1 Å². The maximum atomic E-state index is 2.39. The maximum Gasteiger partial charge on any atom is -1.00 e. The first-order chi connectivity index (χ1) is 11.8. The molecule has 1 atom stereocenters. The average molecular weight is 468 g/mol. The van der Waals surface area contributed by atoms with E-state index in [-0.39, 0.29) is 37.2 Å². The number of hydrogen-bond acceptors (Lipinski definition) is 0. The minimum atomic E-state index is -0.423. The van der Waals surface area contributed by atoms with Crippen LogP contribution in [-0.4, -0.2) is 9.52 Å². The molecule has 1 aliphatic rings. The quantitative estimate of drug-likeness (QED) is 0.336. The van der Waals surface area contributed by atoms with Crippen molar-refractivity contribution in [3.8, 4) is 11.1 Å². The minimum absolute atomic E-state index is 0. The number of hydrogen-bond donors (Lipinski definition) is 0. The second-order valence-electron chi connectivity index (χ2n) is 6.63. The first-order valence-electron chi connectivity index (χ1n) is 8.80. The van der Waals surface area contributed by atoms with Crippen LogP contribution < -0.4 is 46.3 Å². The van der Waals surface area contributed by atoms with Crippen LogP contribution in [-0.2, 0) is 26.9 Å². The van der Waals surface area contributed by atoms with E-state index in [2.05, 4.69) is 94.1 Å². The predicted octanol–water partition coefficient (Wildman–Crippen LogP) is -5.61. The van der Waals surface area contributed by atoms with Crippen molar-refractivity contribution in [1.29, 1.82) is 0 Å². The van der Waals surface area contributed by atoms with Gasteiger partial charge in [-0.2, -0.15) is 0 Å². The van der Waals surface area contributed by atoms with Gasteiger partial charge in [-0.25, -0.2) is 0 Å². The molecule has 0 heterocycles. The van der Waals surface area contributed by atoms with Gasteiger partial charge in [0.15, 0.2) is 0 Å². The molecule has 4 rings (SSSR count). The summed E-state index contributed by atoms with van der Waals surface area (Å²) in [6.45, 7) is 2.28. The van der Waals surface area contributed by atoms with Crippen molar-refractivity contribution in [2.75, 3.05) is 0 Å². The van der Waals surface area contributed by atoms with E-state index in [1.165, 1.54) is 27.8 Å². The summed E-state index contributed by atoms with van der Waals surface area (Å²) in [5.74, 6) is 0. The van der Waals surface area contributed by atoms with Crippen molar-refractivity contribution in [3.63, 3.8) is 0 Å². The van der Waals surface area contributed by atoms with Crippen LogP contribution in [0.3, 0.4) is 0 Å². The zero-order chi connectivity index (χ0) is 16.5. The summed E-state index contributed by atoms with van der Waals surface area (Å²) in [5, 5.41) is 1.65. The Balaban J connectivity index is 0.00000121. The number of fused-ring (bicyclic) bond motifs is 3. The summed E-state index contributed by atoms with van der Waals surface area (Å²) in [5.41, 5.74) is 8.27. The third-order valence-corrected chi connectivity index (χ3v) is 8.21. The Morgan fingerprint density at radius 2 is 1.48 bits per heavy atom. The first-order valence-corrected chi connectivity index (χ1v) is 11.1. The summed E-state index contributed by atoms with van der Waals surface area (Å²) in [6.07, 6.45) is 2.43. The van der Waals surface area contributed by atoms with Gasteiger partial charge in [0.25, 0.3) is 0 Å². The fourth-order valence-corrected chi connectivity index (χ4v) is 7.52. The Hall–Kier alpha value is -0.539. The smallest absolute Gasteiger partial charge is 1.00 e. The van der Waals surface area contributed by atoms with E-state index >= 15 is 0 Å². The van der Waals surface area contributed by atoms with E-state index in [1.807, 2.05) is 0 Å². The first kappa shape index (κ1) is 24.5. The third kappa shape index (κ3) is 4.73. The van der Waals surface area contributed by atoms with Gasteiger partial charge in [-0.1, -0.05) is 0 Å². The zero-order valence-corrected chi connectivity index (χ0v) is 20.4. The van der Waals surface area contributed by atoms with Crippen LogP contribution in [0.4, 0.5) is 0 Å². The largest absolute Gasteiger partial charge is 1.00 e. The Morgan fingerprint density at radius 1 is 0.815 bits per heavy atom. The molecule has 3 aromatic rings. The van der Waals surface area contributed by atoms with E-state index in [4.69, 9.17) is 0 Å². The van der Waals surface area contributed by atoms with Gasteiger partial charge in [0.2, 0.25) is 0 Å². The molecule has 0 N–H and O–H groups in total. The molecule has 0 bridgehead atoms. The van der Waals surface area contributed by atoms with Crippen LogP contribution >= 0.6 is 0 Å². The Bertz CT molecular complexity index is 898. The molecule has 0 aliphatic heterocycles. The van der Waals surface area contributed by atoms with Gasteiger partial charge < -0.3 is 37.2 Å². The fourth-order valence-electron chi connectivity index (χ4n) is 4.08. The molecule has 0 spiro atoms. The van der Waals surface area contributed by atoms with E-state index in [0.717, 1.165) is 0 Å². The van der Waals surface area contributed by atoms with Crippen molar-refractivity contribution < 1.29 is 57.7 Å². The summed E-state index contributed by atoms with van der Waals surface area (Å²) in [6, 6.07) is 25.0. The van der Waals surface area contributed by atoms with Crippen molar-refractivity contribution in [1.82, 2.24) is 0 Å². The van der Waals surface area contributed by atoms with Gasteiger partial charge in [0, 0.05) is 0 Å². The fraction of sp³-hybridized carbons (Fsp3) is 0.182. The van der Waals surface area contributed by atoms with Crippen LogP contribution in [0.15, 0.2) is 66.7 Å². The molecular formula is C22H21Cl3SiTi. The van der Waals surface area contributed by atoms with E-state index < -0.39 is 9.52 Å². The molecule has 0 aromatic heterocycles. The molecule has 3 aromatic carbocycles. The molecule has 0 nitrogen and oxygen atoms in total. The van der Waals surface area contributed by atoms with Crippen molar-refractivity contribution in [2.45, 2.75) is 25.3 Å². The molecule has 0 saturated heterocycles. The van der Waals surface area contributed by atoms with Gasteiger partial charge in [0.05, 0.1) is 0 Å². The molecule has 1 unspecified atom stereocenters. The second-order valence-corrected chi connectivity index (χ2v) is 9.46. The average Bonchev–Trinajstić information content (AvgIpc) is 2.93. The molecule has 27 heavy (non-hydrogen) atoms. The third-order valence-electron chi connectivity index (χ3n) is 5.14. The molecule has 0 fully saturated rings.